The highest BCUT2D eigenvalue weighted by Gasteiger charge is 2.22. The molecule has 1 heterocycles. The minimum Gasteiger partial charge on any atom is -0.374 e. The molecule has 1 N–H and O–H groups in total. The Morgan fingerprint density at radius 1 is 1.22 bits per heavy atom. The Morgan fingerprint density at radius 2 is 2.00 bits per heavy atom. The Kier molecular flexibility index (Phi) is 9.23. The van der Waals surface area contributed by atoms with E-state index in [1.807, 2.05) is 0 Å². The molecule has 1 aliphatic rings. The van der Waals surface area contributed by atoms with Crippen LogP contribution in [0.5, 0.6) is 0 Å². The third-order valence-electron chi connectivity index (χ3n) is 5.43. The van der Waals surface area contributed by atoms with Gasteiger partial charge in [0.1, 0.15) is 4.99 Å². The molecule has 0 spiro atoms. The lowest BCUT2D eigenvalue weighted by atomic mass is 10.0. The lowest BCUT2D eigenvalue weighted by Crippen LogP contribution is -2.39. The summed E-state index contributed by atoms with van der Waals surface area (Å²) in [6.07, 6.45) is 10.5. The van der Waals surface area contributed by atoms with E-state index >= 15 is 0 Å². The Hall–Kier alpha value is -1.45. The number of allylic oxidation sites excluding steroid dienone is 4. The van der Waals surface area contributed by atoms with Gasteiger partial charge in [-0.25, -0.2) is 0 Å². The molecule has 148 valence electrons. The molecular weight excluding hydrogens is 348 g/mol. The number of rotatable bonds is 9. The number of likely N-dealkylation sites (N-methyl/N-ethyl adjacent to an activating group) is 1. The maximum absolute atomic E-state index is 5.74. The molecule has 2 nitrogen and oxygen atoms in total. The smallest absolute Gasteiger partial charge is 0.106 e. The highest BCUT2D eigenvalue weighted by Crippen LogP contribution is 2.17. The van der Waals surface area contributed by atoms with E-state index in [0.717, 1.165) is 37.3 Å². The zero-order valence-electron chi connectivity index (χ0n) is 17.6. The van der Waals surface area contributed by atoms with Crippen LogP contribution in [0.15, 0.2) is 47.6 Å². The van der Waals surface area contributed by atoms with Crippen molar-refractivity contribution in [2.24, 2.45) is 0 Å². The normalized spacial score (nSPS) is 17.8. The zero-order valence-corrected chi connectivity index (χ0v) is 18.4. The molecule has 1 aromatic carbocycles. The van der Waals surface area contributed by atoms with Gasteiger partial charge in [-0.3, -0.25) is 4.90 Å². The van der Waals surface area contributed by atoms with Gasteiger partial charge < -0.3 is 5.32 Å². The van der Waals surface area contributed by atoms with Crippen LogP contribution in [0.1, 0.15) is 64.5 Å². The fourth-order valence-electron chi connectivity index (χ4n) is 3.74. The van der Waals surface area contributed by atoms with E-state index in [0.29, 0.717) is 6.04 Å². The Labute approximate surface area is 171 Å². The summed E-state index contributed by atoms with van der Waals surface area (Å²) in [5.74, 6) is 0. The van der Waals surface area contributed by atoms with Crippen LogP contribution in [0.3, 0.4) is 0 Å². The summed E-state index contributed by atoms with van der Waals surface area (Å²) in [6.45, 7) is 12.1. The summed E-state index contributed by atoms with van der Waals surface area (Å²) in [5.41, 5.74) is 5.34. The second-order valence-corrected chi connectivity index (χ2v) is 8.27. The predicted molar refractivity (Wildman–Crippen MR) is 123 cm³/mol. The van der Waals surface area contributed by atoms with Crippen molar-refractivity contribution < 1.29 is 0 Å². The van der Waals surface area contributed by atoms with Crippen LogP contribution in [-0.2, 0) is 6.42 Å². The molecule has 0 bridgehead atoms. The summed E-state index contributed by atoms with van der Waals surface area (Å²) in [5, 5.41) is 3.54. The number of nitrogens with zero attached hydrogens (tertiary/aromatic N) is 1. The van der Waals surface area contributed by atoms with Crippen molar-refractivity contribution in [3.63, 3.8) is 0 Å². The molecule has 1 atom stereocenters. The first-order valence-corrected chi connectivity index (χ1v) is 10.8. The average Bonchev–Trinajstić information content (AvgIpc) is 3.12. The fourth-order valence-corrected chi connectivity index (χ4v) is 4.03. The Bertz CT molecular complexity index is 671. The Morgan fingerprint density at radius 3 is 2.74 bits per heavy atom. The van der Waals surface area contributed by atoms with Gasteiger partial charge in [-0.05, 0) is 71.5 Å². The van der Waals surface area contributed by atoms with Crippen LogP contribution < -0.4 is 5.32 Å². The van der Waals surface area contributed by atoms with E-state index in [1.54, 1.807) is 0 Å². The molecule has 0 aliphatic carbocycles. The average molecular weight is 385 g/mol. The molecule has 0 amide bonds. The van der Waals surface area contributed by atoms with Crippen molar-refractivity contribution in [3.8, 4) is 0 Å². The van der Waals surface area contributed by atoms with Crippen molar-refractivity contribution in [1.82, 2.24) is 10.2 Å². The standard InChI is InChI=1S/C24H36N2S/c1-5-26-17-9-13-22(26)18-25-24(27)23-14-7-6-12-21(23)16-15-20(4)11-8-10-19(2)3/h6-7,10,12,14-15,22H,5,8-9,11,13,16-18H2,1-4H3,(H,25,27). The molecule has 27 heavy (non-hydrogen) atoms. The van der Waals surface area contributed by atoms with Crippen molar-refractivity contribution in [2.45, 2.75) is 65.8 Å². The number of hydrogen-bond acceptors (Lipinski definition) is 2. The lowest BCUT2D eigenvalue weighted by molar-refractivity contribution is 0.267. The maximum Gasteiger partial charge on any atom is 0.106 e. The third kappa shape index (κ3) is 7.23. The van der Waals surface area contributed by atoms with E-state index in [1.165, 1.54) is 41.7 Å². The SMILES string of the molecule is CCN1CCCC1CNC(=S)c1ccccc1CC=C(C)CCC=C(C)C. The number of hydrogen-bond donors (Lipinski definition) is 1. The van der Waals surface area contributed by atoms with Crippen LogP contribution in [0.4, 0.5) is 0 Å². The second-order valence-electron chi connectivity index (χ2n) is 7.87. The highest BCUT2D eigenvalue weighted by atomic mass is 32.1. The summed E-state index contributed by atoms with van der Waals surface area (Å²) in [4.78, 5) is 3.45. The van der Waals surface area contributed by atoms with Crippen LogP contribution >= 0.6 is 12.2 Å². The molecule has 2 rings (SSSR count). The Balaban J connectivity index is 1.93. The highest BCUT2D eigenvalue weighted by molar-refractivity contribution is 7.80. The zero-order chi connectivity index (χ0) is 19.6. The maximum atomic E-state index is 5.74. The van der Waals surface area contributed by atoms with Crippen LogP contribution in [0, 0.1) is 0 Å². The van der Waals surface area contributed by atoms with E-state index in [9.17, 15) is 0 Å². The quantitative estimate of drug-likeness (QED) is 0.436. The van der Waals surface area contributed by atoms with Crippen LogP contribution in [-0.4, -0.2) is 35.6 Å². The van der Waals surface area contributed by atoms with Gasteiger partial charge in [-0.1, -0.05) is 66.7 Å². The first kappa shape index (κ1) is 21.8. The van der Waals surface area contributed by atoms with Crippen molar-refractivity contribution in [1.29, 1.82) is 0 Å². The van der Waals surface area contributed by atoms with Gasteiger partial charge in [0.2, 0.25) is 0 Å². The molecule has 0 aromatic heterocycles. The van der Waals surface area contributed by atoms with Gasteiger partial charge in [0, 0.05) is 18.2 Å². The molecule has 0 saturated carbocycles. The number of likely N-dealkylation sites (tertiary alicyclic amines) is 1. The van der Waals surface area contributed by atoms with Crippen molar-refractivity contribution in [2.75, 3.05) is 19.6 Å². The van der Waals surface area contributed by atoms with Gasteiger partial charge >= 0.3 is 0 Å². The van der Waals surface area contributed by atoms with Crippen LogP contribution in [0.25, 0.3) is 0 Å². The summed E-state index contributed by atoms with van der Waals surface area (Å²) in [6, 6.07) is 9.19. The van der Waals surface area contributed by atoms with E-state index in [4.69, 9.17) is 12.2 Å². The van der Waals surface area contributed by atoms with E-state index in [2.05, 4.69) is 74.3 Å². The minimum absolute atomic E-state index is 0.623. The topological polar surface area (TPSA) is 15.3 Å². The van der Waals surface area contributed by atoms with Gasteiger partial charge in [0.05, 0.1) is 0 Å². The monoisotopic (exact) mass is 384 g/mol. The lowest BCUT2D eigenvalue weighted by Gasteiger charge is -2.24. The second kappa shape index (κ2) is 11.4. The molecule has 1 aliphatic heterocycles. The van der Waals surface area contributed by atoms with Gasteiger partial charge in [-0.2, -0.15) is 0 Å². The number of thiocarbonyl (C=S) groups is 1. The van der Waals surface area contributed by atoms with E-state index in [-0.39, 0.29) is 0 Å². The summed E-state index contributed by atoms with van der Waals surface area (Å²) >= 11 is 5.74. The van der Waals surface area contributed by atoms with Gasteiger partial charge in [0.15, 0.2) is 0 Å². The van der Waals surface area contributed by atoms with E-state index < -0.39 is 0 Å². The van der Waals surface area contributed by atoms with Gasteiger partial charge in [0.25, 0.3) is 0 Å². The van der Waals surface area contributed by atoms with Crippen molar-refractivity contribution >= 4 is 17.2 Å². The molecule has 3 heteroatoms. The van der Waals surface area contributed by atoms with Crippen LogP contribution in [0.2, 0.25) is 0 Å². The molecule has 0 radical (unpaired) electrons. The summed E-state index contributed by atoms with van der Waals surface area (Å²) < 4.78 is 0. The number of nitrogens with one attached hydrogen (secondary N) is 1. The molecule has 1 unspecified atom stereocenters. The third-order valence-corrected chi connectivity index (χ3v) is 5.79. The minimum atomic E-state index is 0.623. The van der Waals surface area contributed by atoms with Gasteiger partial charge in [-0.15, -0.1) is 0 Å². The first-order valence-electron chi connectivity index (χ1n) is 10.4. The fraction of sp³-hybridized carbons (Fsp3) is 0.542. The first-order chi connectivity index (χ1) is 13.0. The largest absolute Gasteiger partial charge is 0.374 e. The molecular formula is C24H36N2S. The van der Waals surface area contributed by atoms with Crippen molar-refractivity contribution in [3.05, 3.63) is 58.7 Å². The molecule has 1 saturated heterocycles. The molecule has 1 fully saturated rings. The number of benzene rings is 1. The summed E-state index contributed by atoms with van der Waals surface area (Å²) in [7, 11) is 0. The molecule has 1 aromatic rings. The predicted octanol–water partition coefficient (Wildman–Crippen LogP) is 5.67.